The van der Waals surface area contributed by atoms with Crippen molar-refractivity contribution in [3.05, 3.63) is 53.3 Å². The Morgan fingerprint density at radius 2 is 1.79 bits per heavy atom. The summed E-state index contributed by atoms with van der Waals surface area (Å²) in [6.45, 7) is 10.4. The molecule has 2 saturated heterocycles. The second-order valence-corrected chi connectivity index (χ2v) is 11.6. The van der Waals surface area contributed by atoms with E-state index in [1.807, 2.05) is 24.3 Å². The van der Waals surface area contributed by atoms with Crippen LogP contribution < -0.4 is 0 Å². The lowest BCUT2D eigenvalue weighted by molar-refractivity contribution is -0.142. The Balaban J connectivity index is 1.56. The van der Waals surface area contributed by atoms with Gasteiger partial charge in [0.1, 0.15) is 5.69 Å². The monoisotopic (exact) mass is 448 g/mol. The molecule has 3 fully saturated rings. The Kier molecular flexibility index (Phi) is 5.18. The summed E-state index contributed by atoms with van der Waals surface area (Å²) in [5.41, 5.74) is 2.50. The molecule has 1 aromatic heterocycles. The zero-order valence-electron chi connectivity index (χ0n) is 20.5. The van der Waals surface area contributed by atoms with Crippen molar-refractivity contribution in [2.45, 2.75) is 96.3 Å². The van der Waals surface area contributed by atoms with Gasteiger partial charge in [-0.2, -0.15) is 5.10 Å². The average Bonchev–Trinajstić information content (AvgIpc) is 3.36. The molecule has 5 atom stereocenters. The van der Waals surface area contributed by atoms with Crippen LogP contribution in [0.1, 0.15) is 82.0 Å². The number of nitrogens with one attached hydrogen (secondary N) is 1. The van der Waals surface area contributed by atoms with Gasteiger partial charge in [0.05, 0.1) is 12.1 Å². The van der Waals surface area contributed by atoms with Crippen LogP contribution in [0.2, 0.25) is 0 Å². The van der Waals surface area contributed by atoms with Crippen LogP contribution in [0.15, 0.2) is 36.4 Å². The van der Waals surface area contributed by atoms with Gasteiger partial charge in [0.25, 0.3) is 5.91 Å². The summed E-state index contributed by atoms with van der Waals surface area (Å²) in [5, 5.41) is 7.53. The molecular weight excluding hydrogens is 412 g/mol. The number of piperidine rings is 1. The fourth-order valence-electron chi connectivity index (χ4n) is 6.87. The molecule has 2 aliphatic heterocycles. The minimum Gasteiger partial charge on any atom is -0.334 e. The van der Waals surface area contributed by atoms with E-state index < -0.39 is 0 Å². The van der Waals surface area contributed by atoms with E-state index in [4.69, 9.17) is 0 Å². The van der Waals surface area contributed by atoms with E-state index in [2.05, 4.69) is 59.8 Å². The molecule has 2 amide bonds. The molecule has 5 rings (SSSR count). The van der Waals surface area contributed by atoms with Crippen LogP contribution in [-0.4, -0.2) is 56.0 Å². The maximum atomic E-state index is 14.0. The highest BCUT2D eigenvalue weighted by Gasteiger charge is 2.64. The predicted octanol–water partition coefficient (Wildman–Crippen LogP) is 4.32. The Morgan fingerprint density at radius 1 is 1.12 bits per heavy atom. The zero-order valence-corrected chi connectivity index (χ0v) is 20.5. The SMILES string of the molecule is CC(=O)N1[C@H](Cc2ccccc2)[C@@H]2C[C@@]3(C)[C@H](CCC[C@@H]13)N2C(=O)c1cc(C(C)(C)C)[nH]n1. The molecule has 6 heteroatoms. The number of rotatable bonds is 3. The van der Waals surface area contributed by atoms with E-state index in [-0.39, 0.29) is 46.8 Å². The lowest BCUT2D eigenvalue weighted by Crippen LogP contribution is -2.62. The molecule has 0 radical (unpaired) electrons. The number of fused-ring (bicyclic) bond motifs is 1. The van der Waals surface area contributed by atoms with Gasteiger partial charge < -0.3 is 9.80 Å². The molecule has 1 aromatic carbocycles. The van der Waals surface area contributed by atoms with Crippen LogP contribution in [-0.2, 0) is 16.6 Å². The summed E-state index contributed by atoms with van der Waals surface area (Å²) in [5.74, 6) is 0.131. The van der Waals surface area contributed by atoms with Crippen molar-refractivity contribution in [2.75, 3.05) is 0 Å². The van der Waals surface area contributed by atoms with E-state index in [0.717, 1.165) is 37.8 Å². The first-order valence-electron chi connectivity index (χ1n) is 12.3. The number of nitrogens with zero attached hydrogens (tertiary/aromatic N) is 3. The molecule has 1 saturated carbocycles. The fraction of sp³-hybridized carbons (Fsp3) is 0.593. The molecule has 1 N–H and O–H groups in total. The fourth-order valence-corrected chi connectivity index (χ4v) is 6.87. The number of likely N-dealkylation sites (tertiary alicyclic amines) is 2. The van der Waals surface area contributed by atoms with Crippen molar-refractivity contribution in [3.8, 4) is 0 Å². The van der Waals surface area contributed by atoms with E-state index in [9.17, 15) is 9.59 Å². The number of benzene rings is 1. The number of aromatic nitrogens is 2. The third-order valence-electron chi connectivity index (χ3n) is 8.45. The van der Waals surface area contributed by atoms with Crippen LogP contribution in [0, 0.1) is 5.41 Å². The molecule has 0 unspecified atom stereocenters. The van der Waals surface area contributed by atoms with Crippen molar-refractivity contribution in [1.29, 1.82) is 0 Å². The molecule has 0 spiro atoms. The van der Waals surface area contributed by atoms with Gasteiger partial charge in [0, 0.05) is 35.5 Å². The topological polar surface area (TPSA) is 69.3 Å². The first-order valence-corrected chi connectivity index (χ1v) is 12.3. The first-order chi connectivity index (χ1) is 15.6. The van der Waals surface area contributed by atoms with E-state index in [0.29, 0.717) is 5.69 Å². The number of hydrogen-bond acceptors (Lipinski definition) is 3. The number of hydrogen-bond donors (Lipinski definition) is 1. The maximum Gasteiger partial charge on any atom is 0.274 e. The summed E-state index contributed by atoms with van der Waals surface area (Å²) in [6, 6.07) is 12.6. The summed E-state index contributed by atoms with van der Waals surface area (Å²) in [7, 11) is 0. The number of amides is 2. The molecule has 3 heterocycles. The largest absolute Gasteiger partial charge is 0.334 e. The molecule has 6 nitrogen and oxygen atoms in total. The maximum absolute atomic E-state index is 14.0. The van der Waals surface area contributed by atoms with E-state index >= 15 is 0 Å². The normalized spacial score (nSPS) is 31.1. The van der Waals surface area contributed by atoms with Gasteiger partial charge in [-0.05, 0) is 43.7 Å². The third kappa shape index (κ3) is 3.49. The highest BCUT2D eigenvalue weighted by molar-refractivity contribution is 5.93. The summed E-state index contributed by atoms with van der Waals surface area (Å²) < 4.78 is 0. The summed E-state index contributed by atoms with van der Waals surface area (Å²) in [6.07, 6.45) is 4.77. The van der Waals surface area contributed by atoms with Crippen LogP contribution in [0.4, 0.5) is 0 Å². The number of carbonyl (C=O) groups is 2. The standard InChI is InChI=1S/C27H36N4O2/c1-17(32)30-20(14-18-10-7-6-8-11-18)21-16-27(5)23(30)12-9-13-24(27)31(21)25(33)19-15-22(29-28-19)26(2,3)4/h6-8,10-11,15,20-21,23-24H,9,12-14,16H2,1-5H3,(H,28,29)/t20-,21+,23-,24+,27-/m1/s1. The van der Waals surface area contributed by atoms with Crippen molar-refractivity contribution >= 4 is 11.8 Å². The lowest BCUT2D eigenvalue weighted by Gasteiger charge is -2.52. The highest BCUT2D eigenvalue weighted by Crippen LogP contribution is 2.56. The minimum absolute atomic E-state index is 0.000688. The Morgan fingerprint density at radius 3 is 2.39 bits per heavy atom. The second kappa shape index (κ2) is 7.71. The lowest BCUT2D eigenvalue weighted by atomic mass is 9.64. The zero-order chi connectivity index (χ0) is 23.5. The van der Waals surface area contributed by atoms with Gasteiger partial charge in [-0.25, -0.2) is 0 Å². The van der Waals surface area contributed by atoms with Crippen molar-refractivity contribution in [1.82, 2.24) is 20.0 Å². The van der Waals surface area contributed by atoms with Crippen LogP contribution >= 0.6 is 0 Å². The van der Waals surface area contributed by atoms with Gasteiger partial charge in [0.2, 0.25) is 5.91 Å². The number of H-pyrrole nitrogens is 1. The quantitative estimate of drug-likeness (QED) is 0.760. The van der Waals surface area contributed by atoms with Gasteiger partial charge in [-0.3, -0.25) is 14.7 Å². The average molecular weight is 449 g/mol. The number of aromatic amines is 1. The van der Waals surface area contributed by atoms with Gasteiger partial charge in [-0.15, -0.1) is 0 Å². The Bertz CT molecular complexity index is 1060. The third-order valence-corrected chi connectivity index (χ3v) is 8.45. The molecular formula is C27H36N4O2. The summed E-state index contributed by atoms with van der Waals surface area (Å²) in [4.78, 5) is 31.3. The molecule has 33 heavy (non-hydrogen) atoms. The number of carbonyl (C=O) groups excluding carboxylic acids is 2. The van der Waals surface area contributed by atoms with Crippen LogP contribution in [0.3, 0.4) is 0 Å². The van der Waals surface area contributed by atoms with Crippen molar-refractivity contribution < 1.29 is 9.59 Å². The summed E-state index contributed by atoms with van der Waals surface area (Å²) >= 11 is 0. The molecule has 1 aliphatic carbocycles. The highest BCUT2D eigenvalue weighted by atomic mass is 16.2. The van der Waals surface area contributed by atoms with Crippen molar-refractivity contribution in [3.63, 3.8) is 0 Å². The predicted molar refractivity (Wildman–Crippen MR) is 128 cm³/mol. The molecule has 2 bridgehead atoms. The second-order valence-electron chi connectivity index (χ2n) is 11.6. The smallest absolute Gasteiger partial charge is 0.274 e. The molecule has 3 aliphatic rings. The first kappa shape index (κ1) is 22.2. The molecule has 2 aromatic rings. The van der Waals surface area contributed by atoms with Gasteiger partial charge >= 0.3 is 0 Å². The van der Waals surface area contributed by atoms with E-state index in [1.54, 1.807) is 6.92 Å². The van der Waals surface area contributed by atoms with Crippen molar-refractivity contribution in [2.24, 2.45) is 5.41 Å². The molecule has 176 valence electrons. The minimum atomic E-state index is -0.102. The van der Waals surface area contributed by atoms with E-state index in [1.165, 1.54) is 5.56 Å². The van der Waals surface area contributed by atoms with Gasteiger partial charge in [-0.1, -0.05) is 58.0 Å². The van der Waals surface area contributed by atoms with Crippen LogP contribution in [0.25, 0.3) is 0 Å². The Labute approximate surface area is 196 Å². The van der Waals surface area contributed by atoms with Crippen LogP contribution in [0.5, 0.6) is 0 Å². The van der Waals surface area contributed by atoms with Gasteiger partial charge in [0.15, 0.2) is 0 Å². The Hall–Kier alpha value is -2.63.